The SMILES string of the molecule is OC1CCCCC1NC(c1ccccc1)(c1ccccc1)c1ccccc1. The number of rotatable bonds is 5. The molecule has 2 nitrogen and oxygen atoms in total. The van der Waals surface area contributed by atoms with Crippen molar-refractivity contribution in [2.24, 2.45) is 0 Å². The van der Waals surface area contributed by atoms with Crippen LogP contribution in [0.2, 0.25) is 0 Å². The molecule has 0 aliphatic heterocycles. The van der Waals surface area contributed by atoms with Crippen LogP contribution in [0.4, 0.5) is 0 Å². The highest BCUT2D eigenvalue weighted by atomic mass is 16.3. The number of aliphatic hydroxyl groups excluding tert-OH is 1. The zero-order valence-corrected chi connectivity index (χ0v) is 15.6. The quantitative estimate of drug-likeness (QED) is 0.639. The monoisotopic (exact) mass is 357 g/mol. The number of hydrogen-bond donors (Lipinski definition) is 2. The fourth-order valence-corrected chi connectivity index (χ4v) is 4.37. The molecule has 0 saturated heterocycles. The van der Waals surface area contributed by atoms with Crippen molar-refractivity contribution in [1.29, 1.82) is 0 Å². The molecular formula is C25H27NO. The predicted octanol–water partition coefficient (Wildman–Crippen LogP) is 4.87. The van der Waals surface area contributed by atoms with Crippen LogP contribution in [0.25, 0.3) is 0 Å². The van der Waals surface area contributed by atoms with Crippen LogP contribution in [-0.2, 0) is 5.54 Å². The Morgan fingerprint density at radius 3 is 1.44 bits per heavy atom. The van der Waals surface area contributed by atoms with Gasteiger partial charge >= 0.3 is 0 Å². The highest BCUT2D eigenvalue weighted by Crippen LogP contribution is 2.38. The summed E-state index contributed by atoms with van der Waals surface area (Å²) in [5.41, 5.74) is 3.09. The molecule has 3 aromatic carbocycles. The van der Waals surface area contributed by atoms with E-state index in [2.05, 4.69) is 96.3 Å². The van der Waals surface area contributed by atoms with Gasteiger partial charge < -0.3 is 5.11 Å². The number of nitrogens with one attached hydrogen (secondary N) is 1. The third-order valence-corrected chi connectivity index (χ3v) is 5.75. The molecule has 0 amide bonds. The van der Waals surface area contributed by atoms with Crippen LogP contribution < -0.4 is 5.32 Å². The fraction of sp³-hybridized carbons (Fsp3) is 0.280. The van der Waals surface area contributed by atoms with Gasteiger partial charge in [-0.25, -0.2) is 0 Å². The van der Waals surface area contributed by atoms with Gasteiger partial charge in [-0.15, -0.1) is 0 Å². The van der Waals surface area contributed by atoms with Gasteiger partial charge in [0.25, 0.3) is 0 Å². The van der Waals surface area contributed by atoms with Crippen molar-refractivity contribution in [3.8, 4) is 0 Å². The molecule has 2 N–H and O–H groups in total. The van der Waals surface area contributed by atoms with Crippen molar-refractivity contribution >= 4 is 0 Å². The molecule has 0 bridgehead atoms. The summed E-state index contributed by atoms with van der Waals surface area (Å²) in [6, 6.07) is 31.9. The van der Waals surface area contributed by atoms with E-state index in [4.69, 9.17) is 0 Å². The van der Waals surface area contributed by atoms with Gasteiger partial charge in [0.15, 0.2) is 0 Å². The van der Waals surface area contributed by atoms with E-state index in [9.17, 15) is 5.11 Å². The van der Waals surface area contributed by atoms with E-state index >= 15 is 0 Å². The highest BCUT2D eigenvalue weighted by Gasteiger charge is 2.39. The maximum atomic E-state index is 10.7. The minimum Gasteiger partial charge on any atom is -0.392 e. The van der Waals surface area contributed by atoms with Crippen molar-refractivity contribution in [2.75, 3.05) is 0 Å². The maximum Gasteiger partial charge on any atom is 0.0950 e. The summed E-state index contributed by atoms with van der Waals surface area (Å²) in [5, 5.41) is 14.6. The first-order chi connectivity index (χ1) is 13.3. The van der Waals surface area contributed by atoms with Crippen LogP contribution in [-0.4, -0.2) is 17.3 Å². The molecule has 2 unspecified atom stereocenters. The number of benzene rings is 3. The number of aliphatic hydroxyl groups is 1. The lowest BCUT2D eigenvalue weighted by Crippen LogP contribution is -2.54. The van der Waals surface area contributed by atoms with Crippen molar-refractivity contribution in [1.82, 2.24) is 5.32 Å². The molecule has 138 valence electrons. The zero-order valence-electron chi connectivity index (χ0n) is 15.6. The van der Waals surface area contributed by atoms with E-state index in [0.717, 1.165) is 25.7 Å². The molecule has 0 heterocycles. The zero-order chi connectivity index (χ0) is 18.5. The number of hydrogen-bond acceptors (Lipinski definition) is 2. The Kier molecular flexibility index (Phi) is 5.38. The fourth-order valence-electron chi connectivity index (χ4n) is 4.37. The molecule has 1 aliphatic carbocycles. The summed E-state index contributed by atoms with van der Waals surface area (Å²) in [7, 11) is 0. The topological polar surface area (TPSA) is 32.3 Å². The minimum absolute atomic E-state index is 0.0689. The molecular weight excluding hydrogens is 330 g/mol. The van der Waals surface area contributed by atoms with Gasteiger partial charge in [0, 0.05) is 6.04 Å². The van der Waals surface area contributed by atoms with E-state index in [0.29, 0.717) is 0 Å². The largest absolute Gasteiger partial charge is 0.392 e. The van der Waals surface area contributed by atoms with E-state index in [1.165, 1.54) is 16.7 Å². The lowest BCUT2D eigenvalue weighted by atomic mass is 9.75. The van der Waals surface area contributed by atoms with Gasteiger partial charge in [0.05, 0.1) is 11.6 Å². The summed E-state index contributed by atoms with van der Waals surface area (Å²) in [5.74, 6) is 0. The summed E-state index contributed by atoms with van der Waals surface area (Å²) in [6.07, 6.45) is 3.81. The molecule has 3 aromatic rings. The second kappa shape index (κ2) is 8.08. The third-order valence-electron chi connectivity index (χ3n) is 5.75. The van der Waals surface area contributed by atoms with Crippen LogP contribution in [0.3, 0.4) is 0 Å². The highest BCUT2D eigenvalue weighted by molar-refractivity contribution is 5.49. The third kappa shape index (κ3) is 3.55. The molecule has 1 saturated carbocycles. The first kappa shape index (κ1) is 18.0. The summed E-state index contributed by atoms with van der Waals surface area (Å²) >= 11 is 0. The van der Waals surface area contributed by atoms with Gasteiger partial charge in [-0.3, -0.25) is 5.32 Å². The molecule has 0 spiro atoms. The standard InChI is InChI=1S/C25H27NO/c27-24-19-11-10-18-23(24)26-25(20-12-4-1-5-13-20,21-14-6-2-7-15-21)22-16-8-3-9-17-22/h1-9,12-17,23-24,26-27H,10-11,18-19H2. The lowest BCUT2D eigenvalue weighted by Gasteiger charge is -2.42. The Balaban J connectivity index is 1.91. The molecule has 1 fully saturated rings. The minimum atomic E-state index is -0.493. The summed E-state index contributed by atoms with van der Waals surface area (Å²) < 4.78 is 0. The Morgan fingerprint density at radius 1 is 0.630 bits per heavy atom. The first-order valence-electron chi connectivity index (χ1n) is 9.93. The lowest BCUT2D eigenvalue weighted by molar-refractivity contribution is 0.0804. The molecule has 0 radical (unpaired) electrons. The Hall–Kier alpha value is -2.42. The van der Waals surface area contributed by atoms with Gasteiger partial charge in [0.1, 0.15) is 0 Å². The predicted molar refractivity (Wildman–Crippen MR) is 111 cm³/mol. The van der Waals surface area contributed by atoms with Crippen molar-refractivity contribution in [3.63, 3.8) is 0 Å². The average Bonchev–Trinajstić information content (AvgIpc) is 2.75. The first-order valence-corrected chi connectivity index (χ1v) is 9.93. The normalized spacial score (nSPS) is 20.3. The summed E-state index contributed by atoms with van der Waals surface area (Å²) in [6.45, 7) is 0. The van der Waals surface area contributed by atoms with Crippen LogP contribution in [0, 0.1) is 0 Å². The van der Waals surface area contributed by atoms with E-state index < -0.39 is 5.54 Å². The smallest absolute Gasteiger partial charge is 0.0950 e. The van der Waals surface area contributed by atoms with Gasteiger partial charge in [-0.1, -0.05) is 104 Å². The van der Waals surface area contributed by atoms with Crippen LogP contribution in [0.5, 0.6) is 0 Å². The van der Waals surface area contributed by atoms with E-state index in [1.54, 1.807) is 0 Å². The molecule has 2 atom stereocenters. The second-order valence-electron chi connectivity index (χ2n) is 7.45. The van der Waals surface area contributed by atoms with E-state index in [-0.39, 0.29) is 12.1 Å². The van der Waals surface area contributed by atoms with E-state index in [1.807, 2.05) is 0 Å². The van der Waals surface area contributed by atoms with Gasteiger partial charge in [-0.05, 0) is 29.5 Å². The maximum absolute atomic E-state index is 10.7. The summed E-state index contributed by atoms with van der Waals surface area (Å²) in [4.78, 5) is 0. The Morgan fingerprint density at radius 2 is 1.04 bits per heavy atom. The van der Waals surface area contributed by atoms with Crippen molar-refractivity contribution < 1.29 is 5.11 Å². The Labute approximate surface area is 161 Å². The average molecular weight is 357 g/mol. The van der Waals surface area contributed by atoms with Crippen molar-refractivity contribution in [3.05, 3.63) is 108 Å². The van der Waals surface area contributed by atoms with Crippen LogP contribution >= 0.6 is 0 Å². The molecule has 0 aromatic heterocycles. The molecule has 2 heteroatoms. The molecule has 1 aliphatic rings. The van der Waals surface area contributed by atoms with Crippen molar-refractivity contribution in [2.45, 2.75) is 43.4 Å². The Bertz CT molecular complexity index is 735. The van der Waals surface area contributed by atoms with Crippen LogP contribution in [0.15, 0.2) is 91.0 Å². The van der Waals surface area contributed by atoms with Crippen LogP contribution in [0.1, 0.15) is 42.4 Å². The second-order valence-corrected chi connectivity index (χ2v) is 7.45. The molecule has 4 rings (SSSR count). The molecule has 27 heavy (non-hydrogen) atoms. The van der Waals surface area contributed by atoms with Gasteiger partial charge in [0.2, 0.25) is 0 Å². The van der Waals surface area contributed by atoms with Gasteiger partial charge in [-0.2, -0.15) is 0 Å².